The standard InChI is InChI=1S/C18H23NO3S/c1-15(2)22-18-10-8-17(9-11-18)14-19-23(20,21)13-12-16-6-4-3-5-7-16/h3-11,15,19H,12-14H2,1-2H3. The lowest BCUT2D eigenvalue weighted by atomic mass is 10.2. The highest BCUT2D eigenvalue weighted by molar-refractivity contribution is 7.89. The van der Waals surface area contributed by atoms with Gasteiger partial charge in [-0.25, -0.2) is 13.1 Å². The molecule has 0 bridgehead atoms. The van der Waals surface area contributed by atoms with Crippen LogP contribution in [0.15, 0.2) is 54.6 Å². The monoisotopic (exact) mass is 333 g/mol. The summed E-state index contributed by atoms with van der Waals surface area (Å²) in [6.45, 7) is 4.22. The maximum Gasteiger partial charge on any atom is 0.212 e. The lowest BCUT2D eigenvalue weighted by Crippen LogP contribution is -2.26. The minimum absolute atomic E-state index is 0.0888. The summed E-state index contributed by atoms with van der Waals surface area (Å²) in [5.74, 6) is 0.877. The lowest BCUT2D eigenvalue weighted by Gasteiger charge is -2.11. The maximum absolute atomic E-state index is 12.1. The Morgan fingerprint density at radius 2 is 1.61 bits per heavy atom. The van der Waals surface area contributed by atoms with Gasteiger partial charge in [-0.2, -0.15) is 0 Å². The first-order valence-electron chi connectivity index (χ1n) is 7.71. The Kier molecular flexibility index (Phi) is 6.19. The molecule has 0 aliphatic rings. The number of hydrogen-bond donors (Lipinski definition) is 1. The third kappa shape index (κ3) is 6.42. The van der Waals surface area contributed by atoms with E-state index in [-0.39, 0.29) is 11.9 Å². The fourth-order valence-corrected chi connectivity index (χ4v) is 3.16. The summed E-state index contributed by atoms with van der Waals surface area (Å²) < 4.78 is 32.3. The van der Waals surface area contributed by atoms with Gasteiger partial charge in [-0.1, -0.05) is 42.5 Å². The highest BCUT2D eigenvalue weighted by Crippen LogP contribution is 2.14. The van der Waals surface area contributed by atoms with Gasteiger partial charge in [0.25, 0.3) is 0 Å². The molecule has 0 saturated carbocycles. The molecule has 0 aliphatic carbocycles. The van der Waals surface area contributed by atoms with Crippen LogP contribution in [-0.4, -0.2) is 20.3 Å². The molecule has 0 saturated heterocycles. The number of hydrogen-bond acceptors (Lipinski definition) is 3. The van der Waals surface area contributed by atoms with E-state index in [1.54, 1.807) is 0 Å². The van der Waals surface area contributed by atoms with Crippen molar-refractivity contribution >= 4 is 10.0 Å². The Hall–Kier alpha value is -1.85. The molecule has 2 rings (SSSR count). The fourth-order valence-electron chi connectivity index (χ4n) is 2.12. The van der Waals surface area contributed by atoms with Crippen LogP contribution in [0.3, 0.4) is 0 Å². The molecule has 0 radical (unpaired) electrons. The molecule has 0 aliphatic heterocycles. The third-order valence-electron chi connectivity index (χ3n) is 3.29. The van der Waals surface area contributed by atoms with Gasteiger partial charge in [-0.15, -0.1) is 0 Å². The van der Waals surface area contributed by atoms with Gasteiger partial charge in [-0.05, 0) is 43.5 Å². The minimum atomic E-state index is -3.29. The molecule has 5 heteroatoms. The second-order valence-corrected chi connectivity index (χ2v) is 7.61. The Bertz CT molecular complexity index is 695. The van der Waals surface area contributed by atoms with Gasteiger partial charge in [0.1, 0.15) is 5.75 Å². The average Bonchev–Trinajstić information content (AvgIpc) is 2.53. The van der Waals surface area contributed by atoms with E-state index in [4.69, 9.17) is 4.74 Å². The van der Waals surface area contributed by atoms with E-state index in [9.17, 15) is 8.42 Å². The van der Waals surface area contributed by atoms with Gasteiger partial charge in [0.05, 0.1) is 11.9 Å². The van der Waals surface area contributed by atoms with Crippen molar-refractivity contribution in [2.45, 2.75) is 32.9 Å². The fraction of sp³-hybridized carbons (Fsp3) is 0.333. The second-order valence-electron chi connectivity index (χ2n) is 5.69. The average molecular weight is 333 g/mol. The molecular weight excluding hydrogens is 310 g/mol. The Morgan fingerprint density at radius 3 is 2.22 bits per heavy atom. The Labute approximate surface area is 138 Å². The molecular formula is C18H23NO3S. The molecule has 124 valence electrons. The molecule has 2 aromatic carbocycles. The zero-order valence-corrected chi connectivity index (χ0v) is 14.3. The van der Waals surface area contributed by atoms with Gasteiger partial charge in [-0.3, -0.25) is 0 Å². The largest absolute Gasteiger partial charge is 0.491 e. The third-order valence-corrected chi connectivity index (χ3v) is 4.62. The van der Waals surface area contributed by atoms with Crippen LogP contribution in [0.4, 0.5) is 0 Å². The Balaban J connectivity index is 1.84. The summed E-state index contributed by atoms with van der Waals surface area (Å²) in [5.41, 5.74) is 1.93. The number of rotatable bonds is 8. The van der Waals surface area contributed by atoms with Gasteiger partial charge in [0.15, 0.2) is 0 Å². The minimum Gasteiger partial charge on any atom is -0.491 e. The molecule has 0 spiro atoms. The van der Waals surface area contributed by atoms with Gasteiger partial charge in [0, 0.05) is 6.54 Å². The number of aryl methyl sites for hydroxylation is 1. The van der Waals surface area contributed by atoms with E-state index in [1.807, 2.05) is 68.4 Å². The van der Waals surface area contributed by atoms with Crippen molar-refractivity contribution in [2.75, 3.05) is 5.75 Å². The molecule has 4 nitrogen and oxygen atoms in total. The smallest absolute Gasteiger partial charge is 0.212 e. The SMILES string of the molecule is CC(C)Oc1ccc(CNS(=O)(=O)CCc2ccccc2)cc1. The van der Waals surface area contributed by atoms with Crippen molar-refractivity contribution in [3.8, 4) is 5.75 Å². The second kappa shape index (κ2) is 8.13. The highest BCUT2D eigenvalue weighted by atomic mass is 32.2. The Morgan fingerprint density at radius 1 is 0.957 bits per heavy atom. The summed E-state index contributed by atoms with van der Waals surface area (Å²) in [6, 6.07) is 17.1. The van der Waals surface area contributed by atoms with Crippen molar-refractivity contribution in [1.82, 2.24) is 4.72 Å². The topological polar surface area (TPSA) is 55.4 Å². The predicted octanol–water partition coefficient (Wildman–Crippen LogP) is 3.14. The van der Waals surface area contributed by atoms with Crippen LogP contribution in [0.5, 0.6) is 5.75 Å². The highest BCUT2D eigenvalue weighted by Gasteiger charge is 2.10. The quantitative estimate of drug-likeness (QED) is 0.807. The maximum atomic E-state index is 12.1. The van der Waals surface area contributed by atoms with E-state index in [0.29, 0.717) is 13.0 Å². The van der Waals surface area contributed by atoms with Crippen molar-refractivity contribution in [3.05, 3.63) is 65.7 Å². The summed E-state index contributed by atoms with van der Waals surface area (Å²) in [4.78, 5) is 0. The van der Waals surface area contributed by atoms with E-state index >= 15 is 0 Å². The van der Waals surface area contributed by atoms with Crippen LogP contribution in [0.2, 0.25) is 0 Å². The molecule has 23 heavy (non-hydrogen) atoms. The summed E-state index contributed by atoms with van der Waals surface area (Å²) in [7, 11) is -3.29. The van der Waals surface area contributed by atoms with Crippen LogP contribution in [0.1, 0.15) is 25.0 Å². The number of sulfonamides is 1. The van der Waals surface area contributed by atoms with Gasteiger partial charge >= 0.3 is 0 Å². The summed E-state index contributed by atoms with van der Waals surface area (Å²) in [6.07, 6.45) is 0.634. The van der Waals surface area contributed by atoms with Crippen molar-refractivity contribution < 1.29 is 13.2 Å². The summed E-state index contributed by atoms with van der Waals surface area (Å²) >= 11 is 0. The van der Waals surface area contributed by atoms with E-state index in [2.05, 4.69) is 4.72 Å². The van der Waals surface area contributed by atoms with Crippen molar-refractivity contribution in [2.24, 2.45) is 0 Å². The van der Waals surface area contributed by atoms with Crippen LogP contribution < -0.4 is 9.46 Å². The zero-order valence-electron chi connectivity index (χ0n) is 13.5. The van der Waals surface area contributed by atoms with Crippen LogP contribution in [0.25, 0.3) is 0 Å². The lowest BCUT2D eigenvalue weighted by molar-refractivity contribution is 0.242. The molecule has 0 heterocycles. The van der Waals surface area contributed by atoms with Crippen LogP contribution in [-0.2, 0) is 23.0 Å². The van der Waals surface area contributed by atoms with Crippen molar-refractivity contribution in [3.63, 3.8) is 0 Å². The molecule has 0 atom stereocenters. The first kappa shape index (κ1) is 17.5. The van der Waals surface area contributed by atoms with Crippen molar-refractivity contribution in [1.29, 1.82) is 0 Å². The molecule has 0 aromatic heterocycles. The van der Waals surface area contributed by atoms with Gasteiger partial charge in [0.2, 0.25) is 10.0 Å². The normalized spacial score (nSPS) is 11.6. The first-order valence-corrected chi connectivity index (χ1v) is 9.37. The summed E-state index contributed by atoms with van der Waals surface area (Å²) in [5, 5.41) is 0. The zero-order chi connectivity index (χ0) is 16.7. The molecule has 2 aromatic rings. The van der Waals surface area contributed by atoms with E-state index < -0.39 is 10.0 Å². The van der Waals surface area contributed by atoms with E-state index in [0.717, 1.165) is 16.9 Å². The molecule has 0 unspecified atom stereocenters. The van der Waals surface area contributed by atoms with Gasteiger partial charge < -0.3 is 4.74 Å². The molecule has 1 N–H and O–H groups in total. The number of ether oxygens (including phenoxy) is 1. The van der Waals surface area contributed by atoms with Crippen LogP contribution >= 0.6 is 0 Å². The molecule has 0 fully saturated rings. The van der Waals surface area contributed by atoms with Crippen LogP contribution in [0, 0.1) is 0 Å². The molecule has 0 amide bonds. The number of nitrogens with one attached hydrogen (secondary N) is 1. The number of benzene rings is 2. The van der Waals surface area contributed by atoms with E-state index in [1.165, 1.54) is 0 Å². The predicted molar refractivity (Wildman–Crippen MR) is 93.0 cm³/mol. The first-order chi connectivity index (χ1) is 10.9.